The quantitative estimate of drug-likeness (QED) is 0.579. The lowest BCUT2D eigenvalue weighted by molar-refractivity contribution is 1.06. The van der Waals surface area contributed by atoms with Crippen molar-refractivity contribution in [3.8, 4) is 0 Å². The van der Waals surface area contributed by atoms with Crippen molar-refractivity contribution < 1.29 is 0 Å². The molecule has 0 aliphatic heterocycles. The maximum absolute atomic E-state index is 5.58. The Morgan fingerprint density at radius 1 is 1.33 bits per heavy atom. The summed E-state index contributed by atoms with van der Waals surface area (Å²) in [5, 5.41) is 1.09. The fourth-order valence-electron chi connectivity index (χ4n) is 1.97. The smallest absolute Gasteiger partial charge is 0.0726 e. The molecule has 0 saturated carbocycles. The molecular weight excluding hydrogens is 186 g/mol. The van der Waals surface area contributed by atoms with Gasteiger partial charge < -0.3 is 5.43 Å². The molecule has 0 spiro atoms. The van der Waals surface area contributed by atoms with Crippen LogP contribution in [0.25, 0.3) is 10.9 Å². The summed E-state index contributed by atoms with van der Waals surface area (Å²) in [4.78, 5) is 4.56. The Morgan fingerprint density at radius 3 is 2.73 bits per heavy atom. The number of aromatic nitrogens is 1. The second kappa shape index (κ2) is 3.87. The molecule has 0 amide bonds. The van der Waals surface area contributed by atoms with Crippen LogP contribution in [-0.2, 0) is 6.42 Å². The molecule has 1 aromatic carbocycles. The summed E-state index contributed by atoms with van der Waals surface area (Å²) in [5.74, 6) is 5.58. The molecule has 78 valence electrons. The highest BCUT2D eigenvalue weighted by Gasteiger charge is 2.09. The Balaban J connectivity index is 2.84. The largest absolute Gasteiger partial charge is 0.323 e. The summed E-state index contributed by atoms with van der Waals surface area (Å²) in [6.07, 6.45) is 0.934. The molecule has 0 aliphatic carbocycles. The van der Waals surface area contributed by atoms with Gasteiger partial charge in [-0.25, -0.2) is 0 Å². The van der Waals surface area contributed by atoms with E-state index in [0.29, 0.717) is 0 Å². The molecule has 2 aromatic rings. The first-order chi connectivity index (χ1) is 7.27. The molecule has 3 heteroatoms. The molecule has 0 atom stereocenters. The number of fused-ring (bicyclic) bond motifs is 1. The summed E-state index contributed by atoms with van der Waals surface area (Å²) in [5.41, 5.74) is 7.01. The van der Waals surface area contributed by atoms with E-state index in [2.05, 4.69) is 17.3 Å². The Hall–Kier alpha value is -1.61. The average molecular weight is 201 g/mol. The first-order valence-corrected chi connectivity index (χ1v) is 5.12. The van der Waals surface area contributed by atoms with Gasteiger partial charge in [0.15, 0.2) is 0 Å². The third kappa shape index (κ3) is 1.55. The minimum atomic E-state index is 0.934. The first kappa shape index (κ1) is 9.93. The highest BCUT2D eigenvalue weighted by atomic mass is 15.2. The Kier molecular flexibility index (Phi) is 2.56. The van der Waals surface area contributed by atoms with Crippen LogP contribution in [0.3, 0.4) is 0 Å². The monoisotopic (exact) mass is 201 g/mol. The average Bonchev–Trinajstić information content (AvgIpc) is 2.27. The van der Waals surface area contributed by atoms with E-state index in [1.807, 2.05) is 31.2 Å². The molecule has 1 aromatic heterocycles. The van der Waals surface area contributed by atoms with Crippen LogP contribution >= 0.6 is 0 Å². The van der Waals surface area contributed by atoms with Gasteiger partial charge in [-0.3, -0.25) is 10.8 Å². The SMILES string of the molecule is CCc1c(C)nc2ccccc2c1NN. The second-order valence-electron chi connectivity index (χ2n) is 3.57. The summed E-state index contributed by atoms with van der Waals surface area (Å²) >= 11 is 0. The zero-order chi connectivity index (χ0) is 10.8. The summed E-state index contributed by atoms with van der Waals surface area (Å²) in [6.45, 7) is 4.13. The second-order valence-corrected chi connectivity index (χ2v) is 3.57. The number of nitrogen functional groups attached to an aromatic ring is 1. The van der Waals surface area contributed by atoms with Crippen molar-refractivity contribution in [3.63, 3.8) is 0 Å². The zero-order valence-electron chi connectivity index (χ0n) is 9.04. The topological polar surface area (TPSA) is 50.9 Å². The Labute approximate surface area is 89.3 Å². The molecule has 0 aliphatic rings. The number of nitrogens with two attached hydrogens (primary N) is 1. The molecule has 0 radical (unpaired) electrons. The van der Waals surface area contributed by atoms with Gasteiger partial charge in [0.1, 0.15) is 0 Å². The van der Waals surface area contributed by atoms with Gasteiger partial charge in [0.05, 0.1) is 11.2 Å². The number of hydrogen-bond donors (Lipinski definition) is 2. The first-order valence-electron chi connectivity index (χ1n) is 5.12. The van der Waals surface area contributed by atoms with E-state index in [1.54, 1.807) is 0 Å². The molecule has 0 bridgehead atoms. The molecule has 0 saturated heterocycles. The summed E-state index contributed by atoms with van der Waals surface area (Å²) in [7, 11) is 0. The van der Waals surface area contributed by atoms with Crippen LogP contribution in [0.15, 0.2) is 24.3 Å². The predicted octanol–water partition coefficient (Wildman–Crippen LogP) is 2.39. The van der Waals surface area contributed by atoms with E-state index >= 15 is 0 Å². The van der Waals surface area contributed by atoms with Crippen molar-refractivity contribution in [2.75, 3.05) is 5.43 Å². The lowest BCUT2D eigenvalue weighted by Gasteiger charge is -2.13. The number of rotatable bonds is 2. The van der Waals surface area contributed by atoms with Crippen molar-refractivity contribution in [2.45, 2.75) is 20.3 Å². The lowest BCUT2D eigenvalue weighted by atomic mass is 10.0. The van der Waals surface area contributed by atoms with Gasteiger partial charge in [-0.05, 0) is 25.0 Å². The lowest BCUT2D eigenvalue weighted by Crippen LogP contribution is -2.11. The van der Waals surface area contributed by atoms with Crippen LogP contribution in [0.4, 0.5) is 5.69 Å². The van der Waals surface area contributed by atoms with E-state index in [-0.39, 0.29) is 0 Å². The van der Waals surface area contributed by atoms with Gasteiger partial charge in [-0.15, -0.1) is 0 Å². The van der Waals surface area contributed by atoms with Crippen molar-refractivity contribution in [3.05, 3.63) is 35.5 Å². The number of anilines is 1. The van der Waals surface area contributed by atoms with Gasteiger partial charge in [0.2, 0.25) is 0 Å². The summed E-state index contributed by atoms with van der Waals surface area (Å²) < 4.78 is 0. The maximum atomic E-state index is 5.58. The van der Waals surface area contributed by atoms with Crippen LogP contribution < -0.4 is 11.3 Å². The zero-order valence-corrected chi connectivity index (χ0v) is 9.04. The molecule has 0 unspecified atom stereocenters. The van der Waals surface area contributed by atoms with Crippen LogP contribution in [0.2, 0.25) is 0 Å². The van der Waals surface area contributed by atoms with E-state index in [4.69, 9.17) is 5.84 Å². The minimum Gasteiger partial charge on any atom is -0.323 e. The molecule has 15 heavy (non-hydrogen) atoms. The molecule has 0 fully saturated rings. The molecule has 3 N–H and O–H groups in total. The summed E-state index contributed by atoms with van der Waals surface area (Å²) in [6, 6.07) is 8.03. The molecule has 1 heterocycles. The molecule has 3 nitrogen and oxygen atoms in total. The van der Waals surface area contributed by atoms with E-state index in [9.17, 15) is 0 Å². The Morgan fingerprint density at radius 2 is 2.07 bits per heavy atom. The van der Waals surface area contributed by atoms with Crippen LogP contribution in [0.5, 0.6) is 0 Å². The third-order valence-electron chi connectivity index (χ3n) is 2.70. The highest BCUT2D eigenvalue weighted by Crippen LogP contribution is 2.27. The number of para-hydroxylation sites is 1. The van der Waals surface area contributed by atoms with Crippen LogP contribution in [0.1, 0.15) is 18.2 Å². The van der Waals surface area contributed by atoms with E-state index in [1.165, 1.54) is 5.56 Å². The number of aryl methyl sites for hydroxylation is 1. The number of hydrazine groups is 1. The fourth-order valence-corrected chi connectivity index (χ4v) is 1.97. The van der Waals surface area contributed by atoms with Crippen LogP contribution in [0, 0.1) is 6.92 Å². The van der Waals surface area contributed by atoms with Gasteiger partial charge in [0, 0.05) is 11.1 Å². The van der Waals surface area contributed by atoms with E-state index < -0.39 is 0 Å². The van der Waals surface area contributed by atoms with Crippen molar-refractivity contribution in [1.29, 1.82) is 0 Å². The molecule has 2 rings (SSSR count). The predicted molar refractivity (Wildman–Crippen MR) is 63.7 cm³/mol. The number of benzene rings is 1. The Bertz CT molecular complexity index is 491. The maximum Gasteiger partial charge on any atom is 0.0726 e. The number of hydrogen-bond acceptors (Lipinski definition) is 3. The minimum absolute atomic E-state index is 0.934. The van der Waals surface area contributed by atoms with Crippen molar-refractivity contribution in [2.24, 2.45) is 5.84 Å². The van der Waals surface area contributed by atoms with E-state index in [0.717, 1.165) is 28.7 Å². The van der Waals surface area contributed by atoms with Crippen LogP contribution in [-0.4, -0.2) is 4.98 Å². The highest BCUT2D eigenvalue weighted by molar-refractivity contribution is 5.93. The normalized spacial score (nSPS) is 10.6. The van der Waals surface area contributed by atoms with Gasteiger partial charge >= 0.3 is 0 Å². The van der Waals surface area contributed by atoms with Gasteiger partial charge in [-0.2, -0.15) is 0 Å². The standard InChI is InChI=1S/C12H15N3/c1-3-9-8(2)14-11-7-5-4-6-10(11)12(9)15-13/h4-7H,3,13H2,1-2H3,(H,14,15). The van der Waals surface area contributed by atoms with Crippen molar-refractivity contribution >= 4 is 16.6 Å². The van der Waals surface area contributed by atoms with Gasteiger partial charge in [0.25, 0.3) is 0 Å². The fraction of sp³-hybridized carbons (Fsp3) is 0.250. The number of nitrogens with one attached hydrogen (secondary N) is 1. The molecular formula is C12H15N3. The van der Waals surface area contributed by atoms with Gasteiger partial charge in [-0.1, -0.05) is 25.1 Å². The third-order valence-corrected chi connectivity index (χ3v) is 2.70. The number of nitrogens with zero attached hydrogens (tertiary/aromatic N) is 1. The number of pyridine rings is 1. The van der Waals surface area contributed by atoms with Crippen molar-refractivity contribution in [1.82, 2.24) is 4.98 Å².